The van der Waals surface area contributed by atoms with Crippen molar-refractivity contribution >= 4 is 23.8 Å². The molecular weight excluding hydrogens is 218 g/mol. The van der Waals surface area contributed by atoms with Gasteiger partial charge in [-0.3, -0.25) is 4.98 Å². The molecule has 0 atom stereocenters. The molecule has 0 aliphatic rings. The monoisotopic (exact) mass is 228 g/mol. The Morgan fingerprint density at radius 3 is 2.75 bits per heavy atom. The van der Waals surface area contributed by atoms with Crippen molar-refractivity contribution in [1.29, 1.82) is 0 Å². The molecule has 2 rings (SSSR count). The molecular formula is C14H11ClN. The van der Waals surface area contributed by atoms with E-state index >= 15 is 0 Å². The quantitative estimate of drug-likeness (QED) is 0.757. The zero-order valence-corrected chi connectivity index (χ0v) is 9.70. The van der Waals surface area contributed by atoms with Gasteiger partial charge in [0.1, 0.15) is 0 Å². The predicted octanol–water partition coefficient (Wildman–Crippen LogP) is 4.01. The van der Waals surface area contributed by atoms with Crippen molar-refractivity contribution in [1.82, 2.24) is 4.98 Å². The number of nitrogens with zero attached hydrogens (tertiary/aromatic N) is 1. The molecule has 2 heteroatoms. The van der Waals surface area contributed by atoms with Gasteiger partial charge in [-0.1, -0.05) is 41.9 Å². The Labute approximate surface area is 100 Å². The normalized spacial score (nSPS) is 10.9. The molecule has 0 aliphatic heterocycles. The molecule has 1 aromatic heterocycles. The maximum atomic E-state index is 6.04. The van der Waals surface area contributed by atoms with E-state index in [-0.39, 0.29) is 0 Å². The van der Waals surface area contributed by atoms with Crippen LogP contribution < -0.4 is 0 Å². The molecule has 1 nitrogen and oxygen atoms in total. The highest BCUT2D eigenvalue weighted by atomic mass is 35.5. The summed E-state index contributed by atoms with van der Waals surface area (Å²) >= 11 is 6.04. The number of halogens is 1. The highest BCUT2D eigenvalue weighted by Gasteiger charge is 1.94. The number of pyridine rings is 1. The Kier molecular flexibility index (Phi) is 3.37. The lowest BCUT2D eigenvalue weighted by molar-refractivity contribution is 1.18. The predicted molar refractivity (Wildman–Crippen MR) is 68.2 cm³/mol. The molecule has 16 heavy (non-hydrogen) atoms. The van der Waals surface area contributed by atoms with E-state index in [2.05, 4.69) is 11.1 Å². The van der Waals surface area contributed by atoms with Gasteiger partial charge in [0.15, 0.2) is 0 Å². The number of rotatable bonds is 2. The standard InChI is InChI=1S/C14H11ClN/c1-11-5-4-7-13(16-11)10-9-12-6-2-3-8-14(12)15/h2-4,6-10H,1H3/b10-9+. The largest absolute Gasteiger partial charge is 0.253 e. The molecule has 1 aromatic carbocycles. The Balaban J connectivity index is 2.25. The van der Waals surface area contributed by atoms with Crippen LogP contribution in [0.4, 0.5) is 0 Å². The van der Waals surface area contributed by atoms with Gasteiger partial charge in [-0.25, -0.2) is 0 Å². The Bertz CT molecular complexity index is 518. The molecule has 1 radical (unpaired) electrons. The fraction of sp³-hybridized carbons (Fsp3) is 0.0714. The molecule has 0 aliphatic carbocycles. The summed E-state index contributed by atoms with van der Waals surface area (Å²) < 4.78 is 0. The van der Waals surface area contributed by atoms with Crippen molar-refractivity contribution in [2.24, 2.45) is 0 Å². The summed E-state index contributed by atoms with van der Waals surface area (Å²) in [5.41, 5.74) is 2.80. The van der Waals surface area contributed by atoms with Crippen LogP contribution in [-0.2, 0) is 0 Å². The highest BCUT2D eigenvalue weighted by molar-refractivity contribution is 6.32. The average molecular weight is 229 g/mol. The van der Waals surface area contributed by atoms with Crippen LogP contribution in [0.3, 0.4) is 0 Å². The van der Waals surface area contributed by atoms with E-state index < -0.39 is 0 Å². The maximum Gasteiger partial charge on any atom is 0.0633 e. The van der Waals surface area contributed by atoms with Gasteiger partial charge in [0.05, 0.1) is 5.69 Å². The summed E-state index contributed by atoms with van der Waals surface area (Å²) in [6.45, 7) is 1.92. The molecule has 0 spiro atoms. The first-order valence-electron chi connectivity index (χ1n) is 5.03. The zero-order chi connectivity index (χ0) is 11.4. The minimum absolute atomic E-state index is 0.748. The zero-order valence-electron chi connectivity index (χ0n) is 8.94. The van der Waals surface area contributed by atoms with Crippen LogP contribution in [0.25, 0.3) is 12.2 Å². The van der Waals surface area contributed by atoms with Crippen molar-refractivity contribution in [3.63, 3.8) is 0 Å². The number of benzene rings is 1. The minimum atomic E-state index is 0.748. The average Bonchev–Trinajstić information content (AvgIpc) is 2.28. The molecule has 0 fully saturated rings. The van der Waals surface area contributed by atoms with Gasteiger partial charge < -0.3 is 0 Å². The van der Waals surface area contributed by atoms with Crippen molar-refractivity contribution in [3.8, 4) is 0 Å². The van der Waals surface area contributed by atoms with Crippen molar-refractivity contribution in [3.05, 3.63) is 64.4 Å². The Hall–Kier alpha value is -1.60. The molecule has 0 unspecified atom stereocenters. The second kappa shape index (κ2) is 4.95. The summed E-state index contributed by atoms with van der Waals surface area (Å²) in [5.74, 6) is 0. The number of aryl methyl sites for hydroxylation is 1. The van der Waals surface area contributed by atoms with Gasteiger partial charge in [0.2, 0.25) is 0 Å². The van der Waals surface area contributed by atoms with Gasteiger partial charge in [-0.15, -0.1) is 0 Å². The number of hydrogen-bond donors (Lipinski definition) is 0. The van der Waals surface area contributed by atoms with E-state index in [0.29, 0.717) is 0 Å². The highest BCUT2D eigenvalue weighted by Crippen LogP contribution is 2.17. The van der Waals surface area contributed by atoms with Gasteiger partial charge in [-0.05, 0) is 30.7 Å². The van der Waals surface area contributed by atoms with Crippen molar-refractivity contribution < 1.29 is 0 Å². The summed E-state index contributed by atoms with van der Waals surface area (Å²) in [4.78, 5) is 4.33. The molecule has 79 valence electrons. The second-order valence-electron chi connectivity index (χ2n) is 3.45. The van der Waals surface area contributed by atoms with E-state index in [1.165, 1.54) is 0 Å². The van der Waals surface area contributed by atoms with E-state index in [1.54, 1.807) is 0 Å². The molecule has 0 saturated carbocycles. The molecule has 0 saturated heterocycles. The summed E-state index contributed by atoms with van der Waals surface area (Å²) in [7, 11) is 0. The molecule has 0 amide bonds. The second-order valence-corrected chi connectivity index (χ2v) is 3.86. The van der Waals surface area contributed by atoms with E-state index in [1.807, 2.05) is 55.5 Å². The smallest absolute Gasteiger partial charge is 0.0633 e. The fourth-order valence-electron chi connectivity index (χ4n) is 1.39. The lowest BCUT2D eigenvalue weighted by Crippen LogP contribution is -1.83. The summed E-state index contributed by atoms with van der Waals surface area (Å²) in [6, 6.07) is 14.5. The molecule has 1 heterocycles. The van der Waals surface area contributed by atoms with Gasteiger partial charge in [0, 0.05) is 16.8 Å². The van der Waals surface area contributed by atoms with Crippen LogP contribution in [0, 0.1) is 13.0 Å². The first-order valence-corrected chi connectivity index (χ1v) is 5.41. The minimum Gasteiger partial charge on any atom is -0.253 e. The first kappa shape index (κ1) is 10.9. The van der Waals surface area contributed by atoms with Crippen LogP contribution in [0.5, 0.6) is 0 Å². The van der Waals surface area contributed by atoms with Crippen LogP contribution in [0.15, 0.2) is 36.4 Å². The Morgan fingerprint density at radius 1 is 1.19 bits per heavy atom. The fourth-order valence-corrected chi connectivity index (χ4v) is 1.59. The third-order valence-electron chi connectivity index (χ3n) is 2.18. The third-order valence-corrected chi connectivity index (χ3v) is 2.53. The van der Waals surface area contributed by atoms with Gasteiger partial charge >= 0.3 is 0 Å². The van der Waals surface area contributed by atoms with Gasteiger partial charge in [-0.2, -0.15) is 0 Å². The van der Waals surface area contributed by atoms with Gasteiger partial charge in [0.25, 0.3) is 0 Å². The first-order chi connectivity index (χ1) is 7.75. The topological polar surface area (TPSA) is 12.9 Å². The third kappa shape index (κ3) is 2.71. The van der Waals surface area contributed by atoms with E-state index in [9.17, 15) is 0 Å². The van der Waals surface area contributed by atoms with Crippen LogP contribution in [-0.4, -0.2) is 4.98 Å². The van der Waals surface area contributed by atoms with Crippen molar-refractivity contribution in [2.75, 3.05) is 0 Å². The number of aromatic nitrogens is 1. The van der Waals surface area contributed by atoms with Crippen molar-refractivity contribution in [2.45, 2.75) is 6.92 Å². The molecule has 0 bridgehead atoms. The SMILES string of the molecule is Cc1[c]ccc(/C=C/c2ccccc2Cl)n1. The molecule has 2 aromatic rings. The van der Waals surface area contributed by atoms with Crippen LogP contribution >= 0.6 is 11.6 Å². The van der Waals surface area contributed by atoms with Crippen LogP contribution in [0.2, 0.25) is 5.02 Å². The summed E-state index contributed by atoms with van der Waals surface area (Å²) in [6.07, 6.45) is 3.91. The van der Waals surface area contributed by atoms with E-state index in [4.69, 9.17) is 11.6 Å². The number of hydrogen-bond acceptors (Lipinski definition) is 1. The molecule has 0 N–H and O–H groups in total. The Morgan fingerprint density at radius 2 is 2.00 bits per heavy atom. The van der Waals surface area contributed by atoms with E-state index in [0.717, 1.165) is 22.0 Å². The lowest BCUT2D eigenvalue weighted by atomic mass is 10.2. The van der Waals surface area contributed by atoms with Crippen LogP contribution in [0.1, 0.15) is 17.0 Å². The lowest BCUT2D eigenvalue weighted by Gasteiger charge is -1.97. The summed E-state index contributed by atoms with van der Waals surface area (Å²) in [5, 5.41) is 0.748. The maximum absolute atomic E-state index is 6.04.